The molecule has 0 bridgehead atoms. The van der Waals surface area contributed by atoms with E-state index in [-0.39, 0.29) is 5.91 Å². The van der Waals surface area contributed by atoms with Crippen molar-refractivity contribution in [1.29, 1.82) is 0 Å². The molecule has 0 saturated carbocycles. The van der Waals surface area contributed by atoms with E-state index in [2.05, 4.69) is 4.98 Å². The Bertz CT molecular complexity index is 746. The lowest BCUT2D eigenvalue weighted by Crippen LogP contribution is -2.27. The van der Waals surface area contributed by atoms with E-state index in [1.165, 1.54) is 28.8 Å². The number of amides is 1. The average Bonchev–Trinajstić information content (AvgIpc) is 2.74. The topological polar surface area (TPSA) is 33.2 Å². The van der Waals surface area contributed by atoms with Crippen LogP contribution in [0.2, 0.25) is 0 Å². The molecular weight excluding hydrogens is 307 g/mol. The molecule has 6 heteroatoms. The summed E-state index contributed by atoms with van der Waals surface area (Å²) in [7, 11) is 0. The summed E-state index contributed by atoms with van der Waals surface area (Å²) < 4.78 is 13.7. The van der Waals surface area contributed by atoms with Gasteiger partial charge in [-0.05, 0) is 35.9 Å². The Kier molecular flexibility index (Phi) is 3.81. The second-order valence-corrected chi connectivity index (χ2v) is 5.96. The van der Waals surface area contributed by atoms with Gasteiger partial charge >= 0.3 is 0 Å². The molecule has 1 aliphatic heterocycles. The van der Waals surface area contributed by atoms with E-state index >= 15 is 0 Å². The third-order valence-electron chi connectivity index (χ3n) is 2.84. The van der Waals surface area contributed by atoms with Crippen LogP contribution in [0.1, 0.15) is 5.56 Å². The van der Waals surface area contributed by atoms with Crippen LogP contribution in [0.15, 0.2) is 53.7 Å². The molecule has 104 valence electrons. The molecule has 0 radical (unpaired) electrons. The first-order chi connectivity index (χ1) is 10.1. The number of carbonyl (C=O) groups is 1. The van der Waals surface area contributed by atoms with Crippen LogP contribution in [0.25, 0.3) is 6.08 Å². The van der Waals surface area contributed by atoms with Gasteiger partial charge in [-0.1, -0.05) is 36.1 Å². The molecule has 1 amide bonds. The SMILES string of the molecule is O=C1C(=Cc2cccnc2)SC(=S)N1c1cccc(F)c1. The number of hydrogen-bond donors (Lipinski definition) is 0. The highest BCUT2D eigenvalue weighted by Gasteiger charge is 2.33. The number of halogens is 1. The van der Waals surface area contributed by atoms with Crippen molar-refractivity contribution in [2.24, 2.45) is 0 Å². The van der Waals surface area contributed by atoms with E-state index in [0.717, 1.165) is 5.56 Å². The lowest BCUT2D eigenvalue weighted by molar-refractivity contribution is -0.113. The first-order valence-corrected chi connectivity index (χ1v) is 7.31. The molecule has 2 aromatic rings. The van der Waals surface area contributed by atoms with Gasteiger partial charge in [0, 0.05) is 12.4 Å². The Morgan fingerprint density at radius 2 is 2.14 bits per heavy atom. The number of thiocarbonyl (C=S) groups is 1. The molecule has 3 rings (SSSR count). The standard InChI is InChI=1S/C15H9FN2OS2/c16-11-4-1-5-12(8-11)18-14(19)13(21-15(18)20)7-10-3-2-6-17-9-10/h1-9H. The predicted molar refractivity (Wildman–Crippen MR) is 86.3 cm³/mol. The second-order valence-electron chi connectivity index (χ2n) is 4.28. The maximum Gasteiger partial charge on any atom is 0.270 e. The van der Waals surface area contributed by atoms with Crippen molar-refractivity contribution in [2.45, 2.75) is 0 Å². The number of rotatable bonds is 2. The van der Waals surface area contributed by atoms with Crippen LogP contribution in [0.3, 0.4) is 0 Å². The molecule has 3 nitrogen and oxygen atoms in total. The van der Waals surface area contributed by atoms with Crippen molar-refractivity contribution in [3.05, 3.63) is 65.1 Å². The van der Waals surface area contributed by atoms with Crippen LogP contribution in [0.4, 0.5) is 10.1 Å². The van der Waals surface area contributed by atoms with Gasteiger partial charge < -0.3 is 0 Å². The highest BCUT2D eigenvalue weighted by Crippen LogP contribution is 2.35. The largest absolute Gasteiger partial charge is 0.270 e. The van der Waals surface area contributed by atoms with Gasteiger partial charge in [0.2, 0.25) is 0 Å². The lowest BCUT2D eigenvalue weighted by Gasteiger charge is -2.14. The Balaban J connectivity index is 1.94. The van der Waals surface area contributed by atoms with Gasteiger partial charge in [-0.25, -0.2) is 4.39 Å². The fourth-order valence-electron chi connectivity index (χ4n) is 1.92. The molecule has 1 aromatic heterocycles. The zero-order chi connectivity index (χ0) is 14.8. The van der Waals surface area contributed by atoms with Gasteiger partial charge in [0.1, 0.15) is 5.82 Å². The summed E-state index contributed by atoms with van der Waals surface area (Å²) >= 11 is 6.42. The van der Waals surface area contributed by atoms with E-state index in [1.807, 2.05) is 6.07 Å². The Morgan fingerprint density at radius 1 is 1.29 bits per heavy atom. The molecule has 0 N–H and O–H groups in total. The van der Waals surface area contributed by atoms with Crippen molar-refractivity contribution in [3.8, 4) is 0 Å². The molecule has 0 unspecified atom stereocenters. The number of benzene rings is 1. The number of thioether (sulfide) groups is 1. The van der Waals surface area contributed by atoms with E-state index < -0.39 is 5.82 Å². The molecule has 0 aliphatic carbocycles. The van der Waals surface area contributed by atoms with Gasteiger partial charge in [0.05, 0.1) is 10.6 Å². The maximum absolute atomic E-state index is 13.3. The number of carbonyl (C=O) groups excluding carboxylic acids is 1. The molecule has 1 fully saturated rings. The number of nitrogens with zero attached hydrogens (tertiary/aromatic N) is 2. The third-order valence-corrected chi connectivity index (χ3v) is 4.14. The molecule has 0 spiro atoms. The van der Waals surface area contributed by atoms with Crippen LogP contribution < -0.4 is 4.90 Å². The fraction of sp³-hybridized carbons (Fsp3) is 0. The number of aromatic nitrogens is 1. The van der Waals surface area contributed by atoms with Crippen molar-refractivity contribution in [3.63, 3.8) is 0 Å². The predicted octanol–water partition coefficient (Wildman–Crippen LogP) is 3.63. The average molecular weight is 316 g/mol. The molecule has 1 aromatic carbocycles. The Morgan fingerprint density at radius 3 is 2.86 bits per heavy atom. The lowest BCUT2D eigenvalue weighted by atomic mass is 10.2. The third kappa shape index (κ3) is 2.86. The maximum atomic E-state index is 13.3. The van der Waals surface area contributed by atoms with Gasteiger partial charge in [-0.15, -0.1) is 0 Å². The van der Waals surface area contributed by atoms with Gasteiger partial charge in [-0.3, -0.25) is 14.7 Å². The van der Waals surface area contributed by atoms with Crippen molar-refractivity contribution >= 4 is 46.0 Å². The summed E-state index contributed by atoms with van der Waals surface area (Å²) in [5, 5.41) is 0. The summed E-state index contributed by atoms with van der Waals surface area (Å²) in [5.41, 5.74) is 1.25. The molecule has 21 heavy (non-hydrogen) atoms. The summed E-state index contributed by atoms with van der Waals surface area (Å²) in [4.78, 5) is 18.3. The Labute approximate surface area is 130 Å². The van der Waals surface area contributed by atoms with Crippen LogP contribution in [0, 0.1) is 5.82 Å². The van der Waals surface area contributed by atoms with Crippen molar-refractivity contribution < 1.29 is 9.18 Å². The molecule has 1 aliphatic rings. The highest BCUT2D eigenvalue weighted by molar-refractivity contribution is 8.27. The monoisotopic (exact) mass is 316 g/mol. The minimum atomic E-state index is -0.405. The minimum Gasteiger partial charge on any atom is -0.268 e. The Hall–Kier alpha value is -2.05. The van der Waals surface area contributed by atoms with E-state index in [9.17, 15) is 9.18 Å². The van der Waals surface area contributed by atoms with Crippen LogP contribution in [-0.4, -0.2) is 15.2 Å². The smallest absolute Gasteiger partial charge is 0.268 e. The van der Waals surface area contributed by atoms with Crippen LogP contribution in [0.5, 0.6) is 0 Å². The minimum absolute atomic E-state index is 0.251. The fourth-order valence-corrected chi connectivity index (χ4v) is 3.22. The number of pyridine rings is 1. The van der Waals surface area contributed by atoms with Crippen LogP contribution in [-0.2, 0) is 4.79 Å². The number of anilines is 1. The normalized spacial score (nSPS) is 16.8. The van der Waals surface area contributed by atoms with E-state index in [1.54, 1.807) is 36.7 Å². The number of hydrogen-bond acceptors (Lipinski definition) is 4. The van der Waals surface area contributed by atoms with Crippen molar-refractivity contribution in [2.75, 3.05) is 4.90 Å². The summed E-state index contributed by atoms with van der Waals surface area (Å²) in [6, 6.07) is 9.46. The molecule has 1 saturated heterocycles. The molecule has 0 atom stereocenters. The summed E-state index contributed by atoms with van der Waals surface area (Å²) in [5.74, 6) is -0.655. The quantitative estimate of drug-likeness (QED) is 0.626. The van der Waals surface area contributed by atoms with Gasteiger partial charge in [0.15, 0.2) is 4.32 Å². The second kappa shape index (κ2) is 5.75. The highest BCUT2D eigenvalue weighted by atomic mass is 32.2. The first kappa shape index (κ1) is 13.9. The zero-order valence-electron chi connectivity index (χ0n) is 10.7. The summed E-state index contributed by atoms with van der Waals surface area (Å²) in [6.07, 6.45) is 5.05. The van der Waals surface area contributed by atoms with E-state index in [4.69, 9.17) is 12.2 Å². The van der Waals surface area contributed by atoms with Crippen LogP contribution >= 0.6 is 24.0 Å². The summed E-state index contributed by atoms with van der Waals surface area (Å²) in [6.45, 7) is 0. The molecule has 2 heterocycles. The van der Waals surface area contributed by atoms with Crippen molar-refractivity contribution in [1.82, 2.24) is 4.98 Å². The van der Waals surface area contributed by atoms with Gasteiger partial charge in [0.25, 0.3) is 5.91 Å². The molecular formula is C15H9FN2OS2. The van der Waals surface area contributed by atoms with Gasteiger partial charge in [-0.2, -0.15) is 0 Å². The van der Waals surface area contributed by atoms with E-state index in [0.29, 0.717) is 14.9 Å². The zero-order valence-corrected chi connectivity index (χ0v) is 12.3. The first-order valence-electron chi connectivity index (χ1n) is 6.09.